The number of hydrogen-bond acceptors (Lipinski definition) is 8. The summed E-state index contributed by atoms with van der Waals surface area (Å²) in [5.74, 6) is -0.199. The molecule has 2 N–H and O–H groups in total. The number of nitrogens with one attached hydrogen (secondary N) is 2. The van der Waals surface area contributed by atoms with Crippen LogP contribution in [0.5, 0.6) is 0 Å². The van der Waals surface area contributed by atoms with Gasteiger partial charge < -0.3 is 20.1 Å². The molecule has 2 aromatic rings. The Balaban J connectivity index is 1.46. The first-order valence-corrected chi connectivity index (χ1v) is 12.4. The van der Waals surface area contributed by atoms with Gasteiger partial charge >= 0.3 is 0 Å². The van der Waals surface area contributed by atoms with Crippen LogP contribution in [-0.2, 0) is 30.8 Å². The number of ether oxygens (including phenoxy) is 2. The highest BCUT2D eigenvalue weighted by molar-refractivity contribution is 7.89. The van der Waals surface area contributed by atoms with Gasteiger partial charge in [-0.3, -0.25) is 14.9 Å². The maximum atomic E-state index is 12.9. The average molecular weight is 491 g/mol. The van der Waals surface area contributed by atoms with Gasteiger partial charge in [0.15, 0.2) is 0 Å². The van der Waals surface area contributed by atoms with Crippen molar-refractivity contribution in [3.05, 3.63) is 58.1 Å². The summed E-state index contributed by atoms with van der Waals surface area (Å²) in [6, 6.07) is 10.9. The van der Waals surface area contributed by atoms with E-state index in [2.05, 4.69) is 10.6 Å². The molecule has 2 heterocycles. The highest BCUT2D eigenvalue weighted by Crippen LogP contribution is 2.30. The second-order valence-electron chi connectivity index (χ2n) is 8.00. The third-order valence-electron chi connectivity index (χ3n) is 5.67. The van der Waals surface area contributed by atoms with Gasteiger partial charge in [-0.15, -0.1) is 0 Å². The van der Waals surface area contributed by atoms with Gasteiger partial charge in [0.2, 0.25) is 10.0 Å². The monoisotopic (exact) mass is 490 g/mol. The molecule has 1 atom stereocenters. The molecule has 0 aliphatic carbocycles. The number of hydrogen-bond donors (Lipinski definition) is 2. The van der Waals surface area contributed by atoms with Crippen LogP contribution in [0.4, 0.5) is 17.1 Å². The van der Waals surface area contributed by atoms with Crippen molar-refractivity contribution in [1.82, 2.24) is 4.31 Å². The second-order valence-corrected chi connectivity index (χ2v) is 9.94. The van der Waals surface area contributed by atoms with E-state index in [4.69, 9.17) is 9.47 Å². The lowest BCUT2D eigenvalue weighted by atomic mass is 10.1. The summed E-state index contributed by atoms with van der Waals surface area (Å²) in [6.45, 7) is 1.79. The molecule has 0 spiro atoms. The molecule has 1 amide bonds. The Morgan fingerprint density at radius 3 is 2.65 bits per heavy atom. The summed E-state index contributed by atoms with van der Waals surface area (Å²) < 4.78 is 37.6. The van der Waals surface area contributed by atoms with Crippen LogP contribution in [0.2, 0.25) is 0 Å². The largest absolute Gasteiger partial charge is 0.379 e. The highest BCUT2D eigenvalue weighted by atomic mass is 32.2. The maximum Gasteiger partial charge on any atom is 0.293 e. The summed E-state index contributed by atoms with van der Waals surface area (Å²) in [7, 11) is -3.86. The standard InChI is InChI=1S/C22H26N4O7S/c27-22(21-5-2-10-33-21)24-17-4-1-3-16(13-17)15-23-19-7-6-18(14-20(19)26(28)29)34(30,31)25-8-11-32-12-9-25/h1,3-4,6-7,13-14,21,23H,2,5,8-12,15H2,(H,24,27). The zero-order chi connectivity index (χ0) is 24.1. The Bertz CT molecular complexity index is 1160. The number of benzene rings is 2. The SMILES string of the molecule is O=C(Nc1cccc(CNc2ccc(S(=O)(=O)N3CCOCC3)cc2[N+](=O)[O-])c1)C1CCCO1. The molecule has 34 heavy (non-hydrogen) atoms. The minimum atomic E-state index is -3.86. The highest BCUT2D eigenvalue weighted by Gasteiger charge is 2.29. The molecule has 2 aromatic carbocycles. The van der Waals surface area contributed by atoms with E-state index in [-0.39, 0.29) is 55.0 Å². The number of rotatable bonds is 8. The predicted molar refractivity (Wildman–Crippen MR) is 124 cm³/mol. The van der Waals surface area contributed by atoms with E-state index in [0.29, 0.717) is 18.7 Å². The lowest BCUT2D eigenvalue weighted by Crippen LogP contribution is -2.40. The van der Waals surface area contributed by atoms with E-state index in [0.717, 1.165) is 18.1 Å². The first-order valence-electron chi connectivity index (χ1n) is 11.0. The van der Waals surface area contributed by atoms with Gasteiger partial charge in [-0.2, -0.15) is 4.31 Å². The first kappa shape index (κ1) is 24.1. The number of nitro groups is 1. The molecule has 0 aromatic heterocycles. The average Bonchev–Trinajstić information content (AvgIpc) is 3.39. The Hall–Kier alpha value is -3.06. The van der Waals surface area contributed by atoms with Crippen LogP contribution in [0, 0.1) is 10.1 Å². The Morgan fingerprint density at radius 1 is 1.15 bits per heavy atom. The maximum absolute atomic E-state index is 12.9. The van der Waals surface area contributed by atoms with Gasteiger partial charge in [-0.1, -0.05) is 12.1 Å². The zero-order valence-corrected chi connectivity index (χ0v) is 19.3. The molecule has 182 valence electrons. The number of morpholine rings is 1. The molecule has 4 rings (SSSR count). The van der Waals surface area contributed by atoms with E-state index in [9.17, 15) is 23.3 Å². The van der Waals surface area contributed by atoms with Crippen molar-refractivity contribution in [1.29, 1.82) is 0 Å². The topological polar surface area (TPSA) is 140 Å². The molecule has 12 heteroatoms. The molecule has 2 saturated heterocycles. The van der Waals surface area contributed by atoms with Gasteiger partial charge in [0.05, 0.1) is 23.0 Å². The predicted octanol–water partition coefficient (Wildman–Crippen LogP) is 2.35. The summed E-state index contributed by atoms with van der Waals surface area (Å²) in [5, 5.41) is 17.5. The van der Waals surface area contributed by atoms with E-state index in [1.54, 1.807) is 18.2 Å². The van der Waals surface area contributed by atoms with Gasteiger partial charge in [0.25, 0.3) is 11.6 Å². The summed E-state index contributed by atoms with van der Waals surface area (Å²) in [6.07, 6.45) is 1.10. The number of amides is 1. The molecular weight excluding hydrogens is 464 g/mol. The van der Waals surface area contributed by atoms with Crippen LogP contribution in [0.15, 0.2) is 47.4 Å². The lowest BCUT2D eigenvalue weighted by Gasteiger charge is -2.26. The van der Waals surface area contributed by atoms with Crippen molar-refractivity contribution in [2.75, 3.05) is 43.5 Å². The Labute approximate surface area is 197 Å². The van der Waals surface area contributed by atoms with Crippen molar-refractivity contribution in [3.8, 4) is 0 Å². The fourth-order valence-electron chi connectivity index (χ4n) is 3.87. The fourth-order valence-corrected chi connectivity index (χ4v) is 5.30. The van der Waals surface area contributed by atoms with Gasteiger partial charge in [-0.05, 0) is 42.7 Å². The van der Waals surface area contributed by atoms with Gasteiger partial charge in [0.1, 0.15) is 11.8 Å². The summed E-state index contributed by atoms with van der Waals surface area (Å²) in [5.41, 5.74) is 1.24. The number of nitro benzene ring substituents is 1. The number of carbonyl (C=O) groups excluding carboxylic acids is 1. The normalized spacial score (nSPS) is 19.0. The molecule has 11 nitrogen and oxygen atoms in total. The zero-order valence-electron chi connectivity index (χ0n) is 18.4. The third-order valence-corrected chi connectivity index (χ3v) is 7.57. The molecular formula is C22H26N4O7S. The van der Waals surface area contributed by atoms with Gasteiger partial charge in [0, 0.05) is 38.0 Å². The van der Waals surface area contributed by atoms with Crippen molar-refractivity contribution < 1.29 is 27.6 Å². The first-order chi connectivity index (χ1) is 16.3. The quantitative estimate of drug-likeness (QED) is 0.424. The molecule has 1 unspecified atom stereocenters. The van der Waals surface area contributed by atoms with E-state index < -0.39 is 21.1 Å². The molecule has 2 aliphatic heterocycles. The number of sulfonamides is 1. The number of nitrogens with zero attached hydrogens (tertiary/aromatic N) is 2. The van der Waals surface area contributed by atoms with Crippen molar-refractivity contribution in [2.45, 2.75) is 30.4 Å². The summed E-state index contributed by atoms with van der Waals surface area (Å²) >= 11 is 0. The lowest BCUT2D eigenvalue weighted by molar-refractivity contribution is -0.384. The second kappa shape index (κ2) is 10.5. The molecule has 2 fully saturated rings. The smallest absolute Gasteiger partial charge is 0.293 e. The van der Waals surface area contributed by atoms with E-state index >= 15 is 0 Å². The Morgan fingerprint density at radius 2 is 1.94 bits per heavy atom. The number of carbonyl (C=O) groups is 1. The molecule has 2 aliphatic rings. The van der Waals surface area contributed by atoms with Crippen molar-refractivity contribution in [3.63, 3.8) is 0 Å². The van der Waals surface area contributed by atoms with Crippen LogP contribution in [0.25, 0.3) is 0 Å². The molecule has 0 saturated carbocycles. The van der Waals surface area contributed by atoms with Gasteiger partial charge in [-0.25, -0.2) is 8.42 Å². The minimum absolute atomic E-state index is 0.134. The van der Waals surface area contributed by atoms with E-state index in [1.165, 1.54) is 16.4 Å². The van der Waals surface area contributed by atoms with Crippen molar-refractivity contribution in [2.24, 2.45) is 0 Å². The number of anilines is 2. The van der Waals surface area contributed by atoms with Crippen LogP contribution < -0.4 is 10.6 Å². The van der Waals surface area contributed by atoms with Crippen LogP contribution >= 0.6 is 0 Å². The third kappa shape index (κ3) is 5.53. The van der Waals surface area contributed by atoms with Crippen LogP contribution in [0.1, 0.15) is 18.4 Å². The Kier molecular flexibility index (Phi) is 7.41. The minimum Gasteiger partial charge on any atom is -0.379 e. The van der Waals surface area contributed by atoms with Crippen LogP contribution in [0.3, 0.4) is 0 Å². The van der Waals surface area contributed by atoms with Crippen LogP contribution in [-0.4, -0.2) is 62.6 Å². The molecule has 0 bridgehead atoms. The van der Waals surface area contributed by atoms with Crippen molar-refractivity contribution >= 4 is 33.0 Å². The summed E-state index contributed by atoms with van der Waals surface area (Å²) in [4.78, 5) is 23.2. The molecule has 0 radical (unpaired) electrons. The van der Waals surface area contributed by atoms with E-state index in [1.807, 2.05) is 6.07 Å². The fraction of sp³-hybridized carbons (Fsp3) is 0.409.